The zero-order valence-corrected chi connectivity index (χ0v) is 21.3. The highest BCUT2D eigenvalue weighted by molar-refractivity contribution is 9.10. The molecule has 2 heterocycles. The van der Waals surface area contributed by atoms with Crippen molar-refractivity contribution in [3.05, 3.63) is 96.5 Å². The first-order chi connectivity index (χ1) is 17.9. The van der Waals surface area contributed by atoms with Gasteiger partial charge in [0.05, 0.1) is 22.0 Å². The van der Waals surface area contributed by atoms with E-state index in [4.69, 9.17) is 14.2 Å². The number of fused-ring (bicyclic) bond motifs is 2. The van der Waals surface area contributed by atoms with E-state index < -0.39 is 4.92 Å². The van der Waals surface area contributed by atoms with Crippen molar-refractivity contribution in [3.8, 4) is 17.2 Å². The van der Waals surface area contributed by atoms with Gasteiger partial charge < -0.3 is 14.2 Å². The Morgan fingerprint density at radius 2 is 2.00 bits per heavy atom. The van der Waals surface area contributed by atoms with Crippen LogP contribution in [-0.2, 0) is 13.0 Å². The summed E-state index contributed by atoms with van der Waals surface area (Å²) in [5, 5.41) is 16.2. The van der Waals surface area contributed by atoms with E-state index in [-0.39, 0.29) is 24.6 Å². The Morgan fingerprint density at radius 3 is 2.81 bits per heavy atom. The molecule has 188 valence electrons. The highest BCUT2D eigenvalue weighted by Gasteiger charge is 2.16. The van der Waals surface area contributed by atoms with E-state index in [9.17, 15) is 14.9 Å². The molecular weight excluding hydrogens is 544 g/mol. The molecule has 0 saturated carbocycles. The minimum absolute atomic E-state index is 0.126. The number of non-ortho nitro benzene ring substituents is 1. The lowest BCUT2D eigenvalue weighted by molar-refractivity contribution is -0.384. The maximum atomic E-state index is 13.3. The van der Waals surface area contributed by atoms with Gasteiger partial charge in [0.2, 0.25) is 6.79 Å². The number of rotatable bonds is 8. The highest BCUT2D eigenvalue weighted by Crippen LogP contribution is 2.33. The van der Waals surface area contributed by atoms with E-state index in [1.165, 1.54) is 29.1 Å². The smallest absolute Gasteiger partial charge is 0.282 e. The quantitative estimate of drug-likeness (QED) is 0.164. The third-order valence-electron chi connectivity index (χ3n) is 5.70. The number of nitro groups is 1. The molecule has 0 unspecified atom stereocenters. The summed E-state index contributed by atoms with van der Waals surface area (Å²) in [6.07, 6.45) is 2.67. The van der Waals surface area contributed by atoms with Crippen LogP contribution in [0.2, 0.25) is 0 Å². The average molecular weight is 565 g/mol. The van der Waals surface area contributed by atoms with Crippen molar-refractivity contribution in [3.63, 3.8) is 0 Å². The van der Waals surface area contributed by atoms with Gasteiger partial charge in [-0.3, -0.25) is 14.9 Å². The van der Waals surface area contributed by atoms with Crippen molar-refractivity contribution < 1.29 is 19.1 Å². The summed E-state index contributed by atoms with van der Waals surface area (Å²) in [4.78, 5) is 28.8. The molecule has 1 aliphatic rings. The van der Waals surface area contributed by atoms with Crippen LogP contribution in [0.5, 0.6) is 17.2 Å². The Hall–Kier alpha value is -4.25. The summed E-state index contributed by atoms with van der Waals surface area (Å²) in [6.45, 7) is 2.33. The van der Waals surface area contributed by atoms with Crippen LogP contribution in [0, 0.1) is 10.1 Å². The van der Waals surface area contributed by atoms with Crippen LogP contribution >= 0.6 is 15.9 Å². The summed E-state index contributed by atoms with van der Waals surface area (Å²) in [5.74, 6) is 2.15. The van der Waals surface area contributed by atoms with Crippen molar-refractivity contribution >= 4 is 38.7 Å². The molecule has 0 radical (unpaired) electrons. The number of nitro benzene ring substituents is 1. The van der Waals surface area contributed by atoms with Gasteiger partial charge in [-0.25, -0.2) is 4.98 Å². The van der Waals surface area contributed by atoms with E-state index >= 15 is 0 Å². The molecule has 10 nitrogen and oxygen atoms in total. The standard InChI is InChI=1S/C26H21BrN4O6/c1-2-3-25-29-21-7-5-18(27)12-20(21)26(32)30(25)28-13-17-11-19(31(33)34)6-9-22(17)35-14-16-4-8-23-24(10-16)37-15-36-23/h4-13H,2-3,14-15H2,1H3. The first-order valence-corrected chi connectivity index (χ1v) is 12.3. The fourth-order valence-corrected chi connectivity index (χ4v) is 4.25. The number of aryl methyl sites for hydroxylation is 1. The maximum absolute atomic E-state index is 13.3. The van der Waals surface area contributed by atoms with Crippen LogP contribution < -0.4 is 19.8 Å². The molecule has 0 amide bonds. The lowest BCUT2D eigenvalue weighted by Crippen LogP contribution is -2.22. The molecule has 1 aliphatic heterocycles. The summed E-state index contributed by atoms with van der Waals surface area (Å²) in [6, 6.07) is 15.0. The Kier molecular flexibility index (Phi) is 6.87. The van der Waals surface area contributed by atoms with Crippen molar-refractivity contribution in [2.45, 2.75) is 26.4 Å². The average Bonchev–Trinajstić information content (AvgIpc) is 3.36. The van der Waals surface area contributed by atoms with E-state index in [0.717, 1.165) is 16.5 Å². The second kappa shape index (κ2) is 10.4. The molecule has 0 fully saturated rings. The van der Waals surface area contributed by atoms with Crippen molar-refractivity contribution in [1.82, 2.24) is 9.66 Å². The molecule has 0 atom stereocenters. The lowest BCUT2D eigenvalue weighted by atomic mass is 10.2. The SMILES string of the molecule is CCCc1nc2ccc(Br)cc2c(=O)n1N=Cc1cc([N+](=O)[O-])ccc1OCc1ccc2c(c1)OCO2. The Morgan fingerprint density at radius 1 is 1.16 bits per heavy atom. The molecule has 5 rings (SSSR count). The zero-order chi connectivity index (χ0) is 25.9. The molecule has 1 aromatic heterocycles. The lowest BCUT2D eigenvalue weighted by Gasteiger charge is -2.11. The van der Waals surface area contributed by atoms with Gasteiger partial charge in [-0.05, 0) is 48.4 Å². The zero-order valence-electron chi connectivity index (χ0n) is 19.7. The summed E-state index contributed by atoms with van der Waals surface area (Å²) in [5.41, 5.74) is 1.29. The van der Waals surface area contributed by atoms with Crippen LogP contribution in [0.1, 0.15) is 30.3 Å². The van der Waals surface area contributed by atoms with Gasteiger partial charge in [0.1, 0.15) is 18.2 Å². The molecule has 11 heteroatoms. The predicted molar refractivity (Wildman–Crippen MR) is 141 cm³/mol. The number of halogens is 1. The fourth-order valence-electron chi connectivity index (χ4n) is 3.89. The molecule has 3 aromatic carbocycles. The third-order valence-corrected chi connectivity index (χ3v) is 6.19. The second-order valence-corrected chi connectivity index (χ2v) is 9.17. The number of aromatic nitrogens is 2. The fraction of sp³-hybridized carbons (Fsp3) is 0.192. The normalized spacial score (nSPS) is 12.4. The number of ether oxygens (including phenoxy) is 3. The van der Waals surface area contributed by atoms with Crippen LogP contribution in [0.15, 0.2) is 69.0 Å². The molecule has 37 heavy (non-hydrogen) atoms. The van der Waals surface area contributed by atoms with Gasteiger partial charge in [-0.2, -0.15) is 9.78 Å². The van der Waals surface area contributed by atoms with E-state index in [0.29, 0.717) is 46.0 Å². The maximum Gasteiger partial charge on any atom is 0.282 e. The first-order valence-electron chi connectivity index (χ1n) is 11.5. The number of nitrogens with zero attached hydrogens (tertiary/aromatic N) is 4. The number of hydrogen-bond donors (Lipinski definition) is 0. The first kappa shape index (κ1) is 24.4. The minimum atomic E-state index is -0.497. The van der Waals surface area contributed by atoms with Crippen LogP contribution in [0.25, 0.3) is 10.9 Å². The van der Waals surface area contributed by atoms with E-state index in [1.54, 1.807) is 18.2 Å². The largest absolute Gasteiger partial charge is 0.488 e. The summed E-state index contributed by atoms with van der Waals surface area (Å²) >= 11 is 3.39. The van der Waals surface area contributed by atoms with E-state index in [1.807, 2.05) is 25.1 Å². The van der Waals surface area contributed by atoms with Crippen LogP contribution in [0.4, 0.5) is 5.69 Å². The van der Waals surface area contributed by atoms with Crippen molar-refractivity contribution in [2.75, 3.05) is 6.79 Å². The molecule has 0 spiro atoms. The second-order valence-electron chi connectivity index (χ2n) is 8.26. The van der Waals surface area contributed by atoms with Crippen molar-refractivity contribution in [1.29, 1.82) is 0 Å². The predicted octanol–water partition coefficient (Wildman–Crippen LogP) is 5.21. The Bertz CT molecular complexity index is 1600. The third kappa shape index (κ3) is 5.17. The molecular formula is C26H21BrN4O6. The van der Waals surface area contributed by atoms with Gasteiger partial charge in [0.25, 0.3) is 11.2 Å². The number of hydrogen-bond acceptors (Lipinski definition) is 8. The monoisotopic (exact) mass is 564 g/mol. The Balaban J connectivity index is 1.51. The Labute approximate surface area is 219 Å². The highest BCUT2D eigenvalue weighted by atomic mass is 79.9. The van der Waals surface area contributed by atoms with Gasteiger partial charge in [0, 0.05) is 28.6 Å². The van der Waals surface area contributed by atoms with Crippen LogP contribution in [-0.4, -0.2) is 27.6 Å². The molecule has 0 aliphatic carbocycles. The molecule has 4 aromatic rings. The van der Waals surface area contributed by atoms with Crippen molar-refractivity contribution in [2.24, 2.45) is 5.10 Å². The van der Waals surface area contributed by atoms with Gasteiger partial charge in [-0.15, -0.1) is 0 Å². The molecule has 0 N–H and O–H groups in total. The van der Waals surface area contributed by atoms with E-state index in [2.05, 4.69) is 26.0 Å². The van der Waals surface area contributed by atoms with Gasteiger partial charge in [0.15, 0.2) is 11.5 Å². The molecule has 0 bridgehead atoms. The topological polar surface area (TPSA) is 118 Å². The summed E-state index contributed by atoms with van der Waals surface area (Å²) in [7, 11) is 0. The summed E-state index contributed by atoms with van der Waals surface area (Å²) < 4.78 is 18.7. The number of benzene rings is 3. The van der Waals surface area contributed by atoms with Crippen LogP contribution in [0.3, 0.4) is 0 Å². The molecule has 0 saturated heterocycles. The van der Waals surface area contributed by atoms with Gasteiger partial charge >= 0.3 is 0 Å². The minimum Gasteiger partial charge on any atom is -0.488 e. The van der Waals surface area contributed by atoms with Gasteiger partial charge in [-0.1, -0.05) is 28.9 Å².